The van der Waals surface area contributed by atoms with Crippen LogP contribution in [0.25, 0.3) is 27.8 Å². The van der Waals surface area contributed by atoms with Gasteiger partial charge in [0, 0.05) is 17.6 Å². The fraction of sp³-hybridized carbons (Fsp3) is 0.263. The van der Waals surface area contributed by atoms with E-state index in [2.05, 4.69) is 20.2 Å². The number of aromatic nitrogens is 5. The van der Waals surface area contributed by atoms with Crippen LogP contribution in [0, 0.1) is 0 Å². The van der Waals surface area contributed by atoms with Crippen LogP contribution in [-0.2, 0) is 0 Å². The monoisotopic (exact) mass is 363 g/mol. The Balaban J connectivity index is 1.73. The van der Waals surface area contributed by atoms with E-state index in [9.17, 15) is 4.79 Å². The molecular weight excluding hydrogens is 346 g/mol. The number of pyridine rings is 1. The summed E-state index contributed by atoms with van der Waals surface area (Å²) in [7, 11) is 1.58. The zero-order valence-corrected chi connectivity index (χ0v) is 14.7. The number of hydrogen-bond acceptors (Lipinski definition) is 6. The fourth-order valence-corrected chi connectivity index (χ4v) is 3.34. The molecule has 136 valence electrons. The quantitative estimate of drug-likeness (QED) is 0.599. The molecule has 1 aromatic carbocycles. The van der Waals surface area contributed by atoms with Gasteiger partial charge in [0.25, 0.3) is 0 Å². The van der Waals surface area contributed by atoms with Crippen LogP contribution in [0.15, 0.2) is 41.5 Å². The number of ether oxygens (including phenoxy) is 2. The maximum atomic E-state index is 12.7. The van der Waals surface area contributed by atoms with Crippen LogP contribution in [0.4, 0.5) is 0 Å². The summed E-state index contributed by atoms with van der Waals surface area (Å²) in [5.41, 5.74) is 2.22. The minimum atomic E-state index is -0.275. The first kappa shape index (κ1) is 15.8. The summed E-state index contributed by atoms with van der Waals surface area (Å²) in [6, 6.07) is 7.30. The lowest BCUT2D eigenvalue weighted by atomic mass is 9.96. The van der Waals surface area contributed by atoms with Crippen molar-refractivity contribution in [2.24, 2.45) is 0 Å². The molecule has 0 spiro atoms. The number of rotatable bonds is 4. The maximum Gasteiger partial charge on any atom is 0.332 e. The van der Waals surface area contributed by atoms with Gasteiger partial charge < -0.3 is 9.47 Å². The zero-order valence-electron chi connectivity index (χ0n) is 14.7. The van der Waals surface area contributed by atoms with Gasteiger partial charge in [0.1, 0.15) is 17.0 Å². The van der Waals surface area contributed by atoms with E-state index in [0.29, 0.717) is 33.9 Å². The molecule has 3 heterocycles. The van der Waals surface area contributed by atoms with E-state index in [-0.39, 0.29) is 11.8 Å². The third kappa shape index (κ3) is 2.52. The number of nitrogens with one attached hydrogen (secondary N) is 1. The number of nitrogens with zero attached hydrogens (tertiary/aromatic N) is 4. The molecule has 8 heteroatoms. The van der Waals surface area contributed by atoms with Crippen LogP contribution in [-0.4, -0.2) is 37.9 Å². The van der Waals surface area contributed by atoms with Gasteiger partial charge in [0.05, 0.1) is 30.6 Å². The lowest BCUT2D eigenvalue weighted by Gasteiger charge is -2.26. The summed E-state index contributed by atoms with van der Waals surface area (Å²) in [4.78, 5) is 19.8. The summed E-state index contributed by atoms with van der Waals surface area (Å²) >= 11 is 0. The second-order valence-electron chi connectivity index (χ2n) is 6.56. The first-order valence-electron chi connectivity index (χ1n) is 8.81. The van der Waals surface area contributed by atoms with Crippen molar-refractivity contribution in [1.29, 1.82) is 0 Å². The molecule has 1 fully saturated rings. The van der Waals surface area contributed by atoms with E-state index in [4.69, 9.17) is 9.47 Å². The number of hydrogen-bond donors (Lipinski definition) is 1. The Morgan fingerprint density at radius 3 is 2.89 bits per heavy atom. The summed E-state index contributed by atoms with van der Waals surface area (Å²) in [5.74, 6) is 1.25. The normalized spacial score (nSPS) is 14.4. The van der Waals surface area contributed by atoms with Gasteiger partial charge >= 0.3 is 5.69 Å². The third-order valence-corrected chi connectivity index (χ3v) is 4.95. The highest BCUT2D eigenvalue weighted by Gasteiger charge is 2.22. The molecule has 8 nitrogen and oxygen atoms in total. The molecule has 0 aliphatic heterocycles. The minimum absolute atomic E-state index is 0.195. The van der Waals surface area contributed by atoms with Gasteiger partial charge in [-0.2, -0.15) is 10.2 Å². The molecule has 0 atom stereocenters. The predicted molar refractivity (Wildman–Crippen MR) is 99.6 cm³/mol. The standard InChI is InChI=1S/C19H17N5O3/c1-26-16-10-21-23-14-6-5-11(9-13(14)16)24-17-15(27-12-3-2-4-12)7-8-20-18(17)22-19(24)25/h5-10,12H,2-4H2,1H3,(H,20,22,25). The van der Waals surface area contributed by atoms with Gasteiger partial charge in [-0.15, -0.1) is 0 Å². The molecule has 0 amide bonds. The molecule has 1 N–H and O–H groups in total. The molecule has 5 rings (SSSR count). The largest absolute Gasteiger partial charge is 0.494 e. The third-order valence-electron chi connectivity index (χ3n) is 4.95. The molecule has 3 aromatic heterocycles. The van der Waals surface area contributed by atoms with Gasteiger partial charge in [0.15, 0.2) is 5.65 Å². The van der Waals surface area contributed by atoms with E-state index >= 15 is 0 Å². The van der Waals surface area contributed by atoms with E-state index in [0.717, 1.165) is 18.2 Å². The van der Waals surface area contributed by atoms with E-state index in [1.165, 1.54) is 6.42 Å². The topological polar surface area (TPSA) is 94.9 Å². The average Bonchev–Trinajstić information content (AvgIpc) is 3.00. The van der Waals surface area contributed by atoms with Crippen LogP contribution in [0.5, 0.6) is 11.5 Å². The van der Waals surface area contributed by atoms with E-state index in [1.807, 2.05) is 18.2 Å². The first-order chi connectivity index (χ1) is 13.2. The van der Waals surface area contributed by atoms with Gasteiger partial charge in [-0.3, -0.25) is 9.55 Å². The van der Waals surface area contributed by atoms with Crippen LogP contribution < -0.4 is 15.2 Å². The zero-order chi connectivity index (χ0) is 18.4. The molecular formula is C19H17N5O3. The fourth-order valence-electron chi connectivity index (χ4n) is 3.34. The lowest BCUT2D eigenvalue weighted by molar-refractivity contribution is 0.122. The van der Waals surface area contributed by atoms with Crippen molar-refractivity contribution in [2.45, 2.75) is 25.4 Å². The summed E-state index contributed by atoms with van der Waals surface area (Å²) in [6.45, 7) is 0. The second kappa shape index (κ2) is 6.08. The van der Waals surface area contributed by atoms with Crippen molar-refractivity contribution >= 4 is 22.1 Å². The Kier molecular flexibility index (Phi) is 3.56. The Hall–Kier alpha value is -3.42. The number of imidazole rings is 1. The Labute approximate surface area is 153 Å². The van der Waals surface area contributed by atoms with Gasteiger partial charge in [-0.05, 0) is 37.5 Å². The molecule has 0 unspecified atom stereocenters. The lowest BCUT2D eigenvalue weighted by Crippen LogP contribution is -2.25. The van der Waals surface area contributed by atoms with Gasteiger partial charge in [-0.1, -0.05) is 0 Å². The Morgan fingerprint density at radius 2 is 2.11 bits per heavy atom. The summed E-state index contributed by atoms with van der Waals surface area (Å²) in [5, 5.41) is 8.81. The number of aromatic amines is 1. The SMILES string of the molecule is COc1cnnc2ccc(-n3c(=O)[nH]c4nccc(OC5CCC5)c43)cc12. The molecule has 27 heavy (non-hydrogen) atoms. The highest BCUT2D eigenvalue weighted by Crippen LogP contribution is 2.31. The molecule has 4 aromatic rings. The van der Waals surface area contributed by atoms with E-state index < -0.39 is 0 Å². The second-order valence-corrected chi connectivity index (χ2v) is 6.56. The molecule has 0 radical (unpaired) electrons. The maximum absolute atomic E-state index is 12.7. The van der Waals surface area contributed by atoms with Crippen LogP contribution in [0.2, 0.25) is 0 Å². The molecule has 0 bridgehead atoms. The highest BCUT2D eigenvalue weighted by molar-refractivity contribution is 5.87. The van der Waals surface area contributed by atoms with Crippen molar-refractivity contribution in [3.8, 4) is 17.2 Å². The van der Waals surface area contributed by atoms with Gasteiger partial charge in [-0.25, -0.2) is 9.78 Å². The number of methoxy groups -OCH3 is 1. The predicted octanol–water partition coefficient (Wildman–Crippen LogP) is 2.60. The van der Waals surface area contributed by atoms with Crippen LogP contribution in [0.1, 0.15) is 19.3 Å². The minimum Gasteiger partial charge on any atom is -0.494 e. The number of H-pyrrole nitrogens is 1. The smallest absolute Gasteiger partial charge is 0.332 e. The average molecular weight is 363 g/mol. The number of fused-ring (bicyclic) bond motifs is 2. The Bertz CT molecular complexity index is 1210. The van der Waals surface area contributed by atoms with Crippen molar-refractivity contribution in [3.63, 3.8) is 0 Å². The molecule has 1 aliphatic rings. The van der Waals surface area contributed by atoms with Crippen LogP contribution in [0.3, 0.4) is 0 Å². The molecule has 0 saturated heterocycles. The Morgan fingerprint density at radius 1 is 1.22 bits per heavy atom. The van der Waals surface area contributed by atoms with Crippen molar-refractivity contribution in [2.75, 3.05) is 7.11 Å². The van der Waals surface area contributed by atoms with Crippen molar-refractivity contribution in [3.05, 3.63) is 47.1 Å². The van der Waals surface area contributed by atoms with Crippen molar-refractivity contribution < 1.29 is 9.47 Å². The first-order valence-corrected chi connectivity index (χ1v) is 8.81. The molecule has 1 saturated carbocycles. The number of benzene rings is 1. The van der Waals surface area contributed by atoms with Crippen LogP contribution >= 0.6 is 0 Å². The van der Waals surface area contributed by atoms with Gasteiger partial charge in [0.2, 0.25) is 0 Å². The highest BCUT2D eigenvalue weighted by atomic mass is 16.5. The summed E-state index contributed by atoms with van der Waals surface area (Å²) in [6.07, 6.45) is 6.63. The van der Waals surface area contributed by atoms with E-state index in [1.54, 1.807) is 30.1 Å². The summed E-state index contributed by atoms with van der Waals surface area (Å²) < 4.78 is 13.1. The molecule has 1 aliphatic carbocycles. The van der Waals surface area contributed by atoms with Crippen molar-refractivity contribution in [1.82, 2.24) is 24.7 Å².